The number of carboxylic acid groups (broad SMARTS) is 1. The Labute approximate surface area is 86.0 Å². The van der Waals surface area contributed by atoms with Gasteiger partial charge in [0.25, 0.3) is 0 Å². The first-order chi connectivity index (χ1) is 7.11. The predicted molar refractivity (Wildman–Crippen MR) is 55.6 cm³/mol. The molecule has 0 radical (unpaired) electrons. The van der Waals surface area contributed by atoms with Crippen molar-refractivity contribution in [3.8, 4) is 0 Å². The second-order valence-electron chi connectivity index (χ2n) is 3.41. The minimum atomic E-state index is -1.03. The maximum Gasteiger partial charge on any atom is 0.336 e. The van der Waals surface area contributed by atoms with Crippen LogP contribution in [0.4, 0.5) is 4.39 Å². The lowest BCUT2D eigenvalue weighted by atomic mass is 10.0. The second kappa shape index (κ2) is 3.35. The van der Waals surface area contributed by atoms with Gasteiger partial charge in [0.2, 0.25) is 0 Å². The van der Waals surface area contributed by atoms with Crippen LogP contribution in [0.3, 0.4) is 0 Å². The Kier molecular flexibility index (Phi) is 2.15. The van der Waals surface area contributed by atoms with Crippen molar-refractivity contribution in [2.24, 2.45) is 0 Å². The summed E-state index contributed by atoms with van der Waals surface area (Å²) in [5, 5.41) is 9.77. The summed E-state index contributed by atoms with van der Waals surface area (Å²) in [5.41, 5.74) is 0.496. The quantitative estimate of drug-likeness (QED) is 0.775. The summed E-state index contributed by atoms with van der Waals surface area (Å²) in [5.74, 6) is -1.38. The maximum atomic E-state index is 13.6. The SMILES string of the molecule is Cc1cc(C(=O)O)c2ccccc2c1F. The van der Waals surface area contributed by atoms with Gasteiger partial charge in [0, 0.05) is 5.39 Å². The first kappa shape index (κ1) is 9.65. The summed E-state index contributed by atoms with van der Waals surface area (Å²) in [6.45, 7) is 1.56. The molecule has 2 rings (SSSR count). The smallest absolute Gasteiger partial charge is 0.336 e. The fourth-order valence-corrected chi connectivity index (χ4v) is 1.66. The first-order valence-corrected chi connectivity index (χ1v) is 4.52. The van der Waals surface area contributed by atoms with Crippen LogP contribution in [0.1, 0.15) is 15.9 Å². The van der Waals surface area contributed by atoms with E-state index in [9.17, 15) is 9.18 Å². The van der Waals surface area contributed by atoms with Crippen molar-refractivity contribution < 1.29 is 14.3 Å². The summed E-state index contributed by atoms with van der Waals surface area (Å²) < 4.78 is 13.6. The van der Waals surface area contributed by atoms with E-state index < -0.39 is 5.97 Å². The largest absolute Gasteiger partial charge is 0.478 e. The van der Waals surface area contributed by atoms with E-state index in [-0.39, 0.29) is 11.4 Å². The van der Waals surface area contributed by atoms with E-state index >= 15 is 0 Å². The van der Waals surface area contributed by atoms with Crippen molar-refractivity contribution >= 4 is 16.7 Å². The van der Waals surface area contributed by atoms with Crippen LogP contribution in [0.15, 0.2) is 30.3 Å². The molecule has 0 bridgehead atoms. The monoisotopic (exact) mass is 204 g/mol. The molecule has 0 aliphatic carbocycles. The molecule has 0 saturated carbocycles. The maximum absolute atomic E-state index is 13.6. The highest BCUT2D eigenvalue weighted by Gasteiger charge is 2.13. The van der Waals surface area contributed by atoms with Crippen LogP contribution < -0.4 is 0 Å². The summed E-state index contributed by atoms with van der Waals surface area (Å²) in [4.78, 5) is 11.0. The second-order valence-corrected chi connectivity index (χ2v) is 3.41. The van der Waals surface area contributed by atoms with Crippen LogP contribution in [-0.4, -0.2) is 11.1 Å². The molecule has 15 heavy (non-hydrogen) atoms. The molecule has 0 aliphatic rings. The molecule has 2 nitrogen and oxygen atoms in total. The van der Waals surface area contributed by atoms with Crippen LogP contribution in [-0.2, 0) is 0 Å². The Hall–Kier alpha value is -1.90. The third-order valence-electron chi connectivity index (χ3n) is 2.39. The molecule has 0 unspecified atom stereocenters. The Morgan fingerprint density at radius 1 is 1.27 bits per heavy atom. The van der Waals surface area contributed by atoms with Crippen molar-refractivity contribution in [2.45, 2.75) is 6.92 Å². The molecule has 0 fully saturated rings. The van der Waals surface area contributed by atoms with Crippen molar-refractivity contribution in [1.82, 2.24) is 0 Å². The highest BCUT2D eigenvalue weighted by Crippen LogP contribution is 2.24. The van der Waals surface area contributed by atoms with Gasteiger partial charge in [0.05, 0.1) is 5.56 Å². The fourth-order valence-electron chi connectivity index (χ4n) is 1.66. The van der Waals surface area contributed by atoms with Gasteiger partial charge in [-0.1, -0.05) is 24.3 Å². The Morgan fingerprint density at radius 3 is 2.47 bits per heavy atom. The molecule has 0 aromatic heterocycles. The molecule has 3 heteroatoms. The molecule has 2 aromatic carbocycles. The standard InChI is InChI=1S/C12H9FO2/c1-7-6-10(12(14)15)8-4-2-3-5-9(8)11(7)13/h2-6H,1H3,(H,14,15). The lowest BCUT2D eigenvalue weighted by Crippen LogP contribution is -2.00. The van der Waals surface area contributed by atoms with Gasteiger partial charge in [-0.25, -0.2) is 9.18 Å². The summed E-state index contributed by atoms with van der Waals surface area (Å²) in [6, 6.07) is 7.95. The number of rotatable bonds is 1. The number of benzene rings is 2. The molecule has 0 saturated heterocycles. The van der Waals surface area contributed by atoms with Crippen LogP contribution in [0.2, 0.25) is 0 Å². The van der Waals surface area contributed by atoms with Gasteiger partial charge < -0.3 is 5.11 Å². The average molecular weight is 204 g/mol. The van der Waals surface area contributed by atoms with Gasteiger partial charge in [-0.2, -0.15) is 0 Å². The normalized spacial score (nSPS) is 10.5. The summed E-state index contributed by atoms with van der Waals surface area (Å²) >= 11 is 0. The first-order valence-electron chi connectivity index (χ1n) is 4.52. The molecular weight excluding hydrogens is 195 g/mol. The number of aromatic carboxylic acids is 1. The lowest BCUT2D eigenvalue weighted by molar-refractivity contribution is 0.0699. The number of aryl methyl sites for hydroxylation is 1. The van der Waals surface area contributed by atoms with Gasteiger partial charge >= 0.3 is 5.97 Å². The number of carboxylic acids is 1. The summed E-state index contributed by atoms with van der Waals surface area (Å²) in [7, 11) is 0. The molecular formula is C12H9FO2. The van der Waals surface area contributed by atoms with E-state index in [2.05, 4.69) is 0 Å². The van der Waals surface area contributed by atoms with Crippen LogP contribution in [0.5, 0.6) is 0 Å². The third kappa shape index (κ3) is 1.46. The van der Waals surface area contributed by atoms with Gasteiger partial charge in [0.15, 0.2) is 0 Å². The van der Waals surface area contributed by atoms with E-state index in [0.717, 1.165) is 0 Å². The van der Waals surface area contributed by atoms with Crippen LogP contribution in [0.25, 0.3) is 10.8 Å². The number of fused-ring (bicyclic) bond motifs is 1. The van der Waals surface area contributed by atoms with E-state index in [1.54, 1.807) is 31.2 Å². The third-order valence-corrected chi connectivity index (χ3v) is 2.39. The minimum absolute atomic E-state index is 0.143. The Balaban J connectivity index is 2.94. The van der Waals surface area contributed by atoms with Gasteiger partial charge in [-0.15, -0.1) is 0 Å². The molecule has 0 aliphatic heterocycles. The van der Waals surface area contributed by atoms with E-state index in [1.807, 2.05) is 0 Å². The molecule has 0 amide bonds. The zero-order chi connectivity index (χ0) is 11.0. The molecule has 0 spiro atoms. The minimum Gasteiger partial charge on any atom is -0.478 e. The van der Waals surface area contributed by atoms with Crippen molar-refractivity contribution in [2.75, 3.05) is 0 Å². The van der Waals surface area contributed by atoms with Crippen molar-refractivity contribution in [3.63, 3.8) is 0 Å². The van der Waals surface area contributed by atoms with Gasteiger partial charge in [0.1, 0.15) is 5.82 Å². The lowest BCUT2D eigenvalue weighted by Gasteiger charge is -2.06. The molecule has 1 N–H and O–H groups in total. The molecule has 2 aromatic rings. The Bertz CT molecular complexity index is 547. The van der Waals surface area contributed by atoms with E-state index in [1.165, 1.54) is 6.07 Å². The highest BCUT2D eigenvalue weighted by atomic mass is 19.1. The van der Waals surface area contributed by atoms with E-state index in [0.29, 0.717) is 16.3 Å². The average Bonchev–Trinajstić information content (AvgIpc) is 2.23. The zero-order valence-electron chi connectivity index (χ0n) is 8.12. The van der Waals surface area contributed by atoms with Crippen LogP contribution in [0, 0.1) is 12.7 Å². The van der Waals surface area contributed by atoms with Gasteiger partial charge in [-0.05, 0) is 23.9 Å². The van der Waals surface area contributed by atoms with Crippen molar-refractivity contribution in [1.29, 1.82) is 0 Å². The van der Waals surface area contributed by atoms with Crippen LogP contribution >= 0.6 is 0 Å². The number of hydrogen-bond acceptors (Lipinski definition) is 1. The molecule has 0 atom stereocenters. The Morgan fingerprint density at radius 2 is 1.87 bits per heavy atom. The molecule has 0 heterocycles. The van der Waals surface area contributed by atoms with Gasteiger partial charge in [-0.3, -0.25) is 0 Å². The summed E-state index contributed by atoms with van der Waals surface area (Å²) in [6.07, 6.45) is 0. The topological polar surface area (TPSA) is 37.3 Å². The predicted octanol–water partition coefficient (Wildman–Crippen LogP) is 2.99. The zero-order valence-corrected chi connectivity index (χ0v) is 8.12. The number of hydrogen-bond donors (Lipinski definition) is 1. The number of halogens is 1. The fraction of sp³-hybridized carbons (Fsp3) is 0.0833. The number of carbonyl (C=O) groups is 1. The molecule has 76 valence electrons. The highest BCUT2D eigenvalue weighted by molar-refractivity contribution is 6.04. The van der Waals surface area contributed by atoms with Crippen molar-refractivity contribution in [3.05, 3.63) is 47.3 Å². The van der Waals surface area contributed by atoms with E-state index in [4.69, 9.17) is 5.11 Å².